The molecule has 6 nitrogen and oxygen atoms in total. The van der Waals surface area contributed by atoms with E-state index < -0.39 is 0 Å². The number of nitrogens with zero attached hydrogens (tertiary/aromatic N) is 2. The summed E-state index contributed by atoms with van der Waals surface area (Å²) in [6, 6.07) is 7.94. The fourth-order valence-electron chi connectivity index (χ4n) is 3.07. The van der Waals surface area contributed by atoms with Gasteiger partial charge in [0.15, 0.2) is 5.96 Å². The number of ether oxygens (including phenoxy) is 1. The number of carbonyl (C=O) groups is 1. The molecule has 1 fully saturated rings. The first-order valence-corrected chi connectivity index (χ1v) is 9.01. The van der Waals surface area contributed by atoms with Crippen LogP contribution in [0.25, 0.3) is 0 Å². The van der Waals surface area contributed by atoms with E-state index in [0.29, 0.717) is 5.92 Å². The largest absolute Gasteiger partial charge is 0.384 e. The summed E-state index contributed by atoms with van der Waals surface area (Å²) >= 11 is 0. The van der Waals surface area contributed by atoms with Gasteiger partial charge in [-0.1, -0.05) is 12.1 Å². The molecule has 1 atom stereocenters. The van der Waals surface area contributed by atoms with Crippen LogP contribution in [0.5, 0.6) is 0 Å². The van der Waals surface area contributed by atoms with Crippen molar-refractivity contribution in [2.75, 3.05) is 45.2 Å². The summed E-state index contributed by atoms with van der Waals surface area (Å²) < 4.78 is 5.27. The topological polar surface area (TPSA) is 66.0 Å². The second-order valence-corrected chi connectivity index (χ2v) is 6.42. The number of carbonyl (C=O) groups excluding carboxylic acids is 1. The number of likely N-dealkylation sites (tertiary alicyclic amines) is 1. The molecule has 1 unspecified atom stereocenters. The van der Waals surface area contributed by atoms with Crippen LogP contribution in [0.4, 0.5) is 5.69 Å². The molecule has 1 aromatic rings. The minimum Gasteiger partial charge on any atom is -0.384 e. The van der Waals surface area contributed by atoms with Gasteiger partial charge in [-0.2, -0.15) is 0 Å². The van der Waals surface area contributed by atoms with E-state index in [9.17, 15) is 4.79 Å². The average Bonchev–Trinajstić information content (AvgIpc) is 3.04. The van der Waals surface area contributed by atoms with Gasteiger partial charge in [0.25, 0.3) is 0 Å². The molecular weight excluding hydrogens is 316 g/mol. The van der Waals surface area contributed by atoms with Crippen LogP contribution in [-0.2, 0) is 16.0 Å². The third-order valence-corrected chi connectivity index (χ3v) is 4.26. The van der Waals surface area contributed by atoms with Gasteiger partial charge in [0, 0.05) is 51.8 Å². The number of aliphatic imine (C=N–C) groups is 1. The second kappa shape index (κ2) is 10.0. The van der Waals surface area contributed by atoms with Crippen LogP contribution in [-0.4, -0.2) is 56.7 Å². The van der Waals surface area contributed by atoms with Crippen LogP contribution >= 0.6 is 0 Å². The number of methoxy groups -OCH3 is 1. The lowest BCUT2D eigenvalue weighted by molar-refractivity contribution is -0.114. The normalized spacial score (nSPS) is 17.6. The molecule has 25 heavy (non-hydrogen) atoms. The number of hydrogen-bond donors (Lipinski definition) is 2. The quantitative estimate of drug-likeness (QED) is 0.586. The van der Waals surface area contributed by atoms with Crippen LogP contribution in [0, 0.1) is 5.92 Å². The fourth-order valence-corrected chi connectivity index (χ4v) is 3.07. The molecule has 2 N–H and O–H groups in total. The Morgan fingerprint density at radius 1 is 1.36 bits per heavy atom. The Morgan fingerprint density at radius 3 is 2.76 bits per heavy atom. The van der Waals surface area contributed by atoms with E-state index in [1.165, 1.54) is 12.5 Å². The Bertz CT molecular complexity index is 571. The molecule has 0 spiro atoms. The SMILES string of the molecule is CCNC(=NCCc1ccc(NC(C)=O)cc1)N1CCC(COC)C1. The minimum atomic E-state index is -0.0509. The monoisotopic (exact) mass is 346 g/mol. The lowest BCUT2D eigenvalue weighted by Crippen LogP contribution is -2.40. The molecule has 0 radical (unpaired) electrons. The summed E-state index contributed by atoms with van der Waals surface area (Å²) in [7, 11) is 1.76. The first kappa shape index (κ1) is 19.2. The van der Waals surface area contributed by atoms with Gasteiger partial charge in [-0.3, -0.25) is 9.79 Å². The third-order valence-electron chi connectivity index (χ3n) is 4.26. The second-order valence-electron chi connectivity index (χ2n) is 6.42. The van der Waals surface area contributed by atoms with Gasteiger partial charge >= 0.3 is 0 Å². The Hall–Kier alpha value is -2.08. The molecule has 0 saturated carbocycles. The molecule has 0 bridgehead atoms. The molecule has 1 heterocycles. The summed E-state index contributed by atoms with van der Waals surface area (Å²) in [5, 5.41) is 6.17. The maximum absolute atomic E-state index is 11.0. The minimum absolute atomic E-state index is 0.0509. The molecular formula is C19H30N4O2. The fraction of sp³-hybridized carbons (Fsp3) is 0.579. The van der Waals surface area contributed by atoms with Crippen LogP contribution in [0.3, 0.4) is 0 Å². The van der Waals surface area contributed by atoms with E-state index >= 15 is 0 Å². The zero-order chi connectivity index (χ0) is 18.1. The molecule has 2 rings (SSSR count). The Labute approximate surface area is 150 Å². The molecule has 1 aromatic carbocycles. The predicted molar refractivity (Wildman–Crippen MR) is 102 cm³/mol. The number of rotatable bonds is 7. The highest BCUT2D eigenvalue weighted by Crippen LogP contribution is 2.16. The standard InChI is InChI=1S/C19H30N4O2/c1-4-20-19(23-12-10-17(13-23)14-25-3)21-11-9-16-5-7-18(8-6-16)22-15(2)24/h5-8,17H,4,9-14H2,1-3H3,(H,20,21)(H,22,24). The summed E-state index contributed by atoms with van der Waals surface area (Å²) in [4.78, 5) is 18.2. The van der Waals surface area contributed by atoms with Crippen LogP contribution in [0.1, 0.15) is 25.8 Å². The van der Waals surface area contributed by atoms with E-state index in [-0.39, 0.29) is 5.91 Å². The van der Waals surface area contributed by atoms with Crippen molar-refractivity contribution in [2.45, 2.75) is 26.7 Å². The van der Waals surface area contributed by atoms with Crippen molar-refractivity contribution in [3.63, 3.8) is 0 Å². The first-order valence-electron chi connectivity index (χ1n) is 9.01. The van der Waals surface area contributed by atoms with E-state index in [1.807, 2.05) is 24.3 Å². The zero-order valence-corrected chi connectivity index (χ0v) is 15.5. The maximum atomic E-state index is 11.0. The lowest BCUT2D eigenvalue weighted by atomic mass is 10.1. The lowest BCUT2D eigenvalue weighted by Gasteiger charge is -2.21. The molecule has 1 amide bonds. The van der Waals surface area contributed by atoms with Gasteiger partial charge in [-0.25, -0.2) is 0 Å². The van der Waals surface area contributed by atoms with Crippen LogP contribution < -0.4 is 10.6 Å². The number of nitrogens with one attached hydrogen (secondary N) is 2. The van der Waals surface area contributed by atoms with Crippen molar-refractivity contribution < 1.29 is 9.53 Å². The van der Waals surface area contributed by atoms with Crippen LogP contribution in [0.2, 0.25) is 0 Å². The highest BCUT2D eigenvalue weighted by molar-refractivity contribution is 5.88. The van der Waals surface area contributed by atoms with Crippen molar-refractivity contribution in [1.82, 2.24) is 10.2 Å². The van der Waals surface area contributed by atoms with E-state index in [2.05, 4.69) is 22.5 Å². The maximum Gasteiger partial charge on any atom is 0.221 e. The van der Waals surface area contributed by atoms with Crippen LogP contribution in [0.15, 0.2) is 29.3 Å². The smallest absolute Gasteiger partial charge is 0.221 e. The van der Waals surface area contributed by atoms with Crippen molar-refractivity contribution in [1.29, 1.82) is 0 Å². The molecule has 0 aliphatic carbocycles. The third kappa shape index (κ3) is 6.38. The zero-order valence-electron chi connectivity index (χ0n) is 15.5. The Morgan fingerprint density at radius 2 is 2.12 bits per heavy atom. The average molecular weight is 346 g/mol. The molecule has 138 valence electrons. The van der Waals surface area contributed by atoms with Gasteiger partial charge in [0.05, 0.1) is 6.61 Å². The number of guanidine groups is 1. The van der Waals surface area contributed by atoms with E-state index in [1.54, 1.807) is 7.11 Å². The number of hydrogen-bond acceptors (Lipinski definition) is 3. The van der Waals surface area contributed by atoms with Crippen molar-refractivity contribution in [2.24, 2.45) is 10.9 Å². The molecule has 1 saturated heterocycles. The van der Waals surface area contributed by atoms with Crippen molar-refractivity contribution >= 4 is 17.6 Å². The first-order chi connectivity index (χ1) is 12.1. The Kier molecular flexibility index (Phi) is 7.73. The van der Waals surface area contributed by atoms with Crippen molar-refractivity contribution in [3.05, 3.63) is 29.8 Å². The van der Waals surface area contributed by atoms with Gasteiger partial charge in [-0.05, 0) is 37.5 Å². The van der Waals surface area contributed by atoms with Gasteiger partial charge in [-0.15, -0.1) is 0 Å². The highest BCUT2D eigenvalue weighted by atomic mass is 16.5. The van der Waals surface area contributed by atoms with E-state index in [4.69, 9.17) is 9.73 Å². The number of anilines is 1. The summed E-state index contributed by atoms with van der Waals surface area (Å²) in [5.41, 5.74) is 2.04. The predicted octanol–water partition coefficient (Wildman–Crippen LogP) is 2.12. The summed E-state index contributed by atoms with van der Waals surface area (Å²) in [6.07, 6.45) is 2.04. The molecule has 1 aliphatic rings. The van der Waals surface area contributed by atoms with Gasteiger partial charge in [0.1, 0.15) is 0 Å². The molecule has 1 aliphatic heterocycles. The van der Waals surface area contributed by atoms with Crippen molar-refractivity contribution in [3.8, 4) is 0 Å². The van der Waals surface area contributed by atoms with Gasteiger partial charge in [0.2, 0.25) is 5.91 Å². The van der Waals surface area contributed by atoms with Gasteiger partial charge < -0.3 is 20.3 Å². The molecule has 0 aromatic heterocycles. The van der Waals surface area contributed by atoms with E-state index in [0.717, 1.165) is 57.3 Å². The highest BCUT2D eigenvalue weighted by Gasteiger charge is 2.24. The summed E-state index contributed by atoms with van der Waals surface area (Å²) in [6.45, 7) is 8.08. The molecule has 6 heteroatoms. The summed E-state index contributed by atoms with van der Waals surface area (Å²) in [5.74, 6) is 1.54. The Balaban J connectivity index is 1.87. The number of amides is 1. The number of benzene rings is 1.